The molecule has 0 saturated heterocycles. The Morgan fingerprint density at radius 3 is 3.00 bits per heavy atom. The van der Waals surface area contributed by atoms with Gasteiger partial charge in [0.25, 0.3) is 0 Å². The van der Waals surface area contributed by atoms with Gasteiger partial charge in [0.2, 0.25) is 5.91 Å². The number of rotatable bonds is 3. The summed E-state index contributed by atoms with van der Waals surface area (Å²) in [6, 6.07) is 1.30. The molecule has 7 heteroatoms. The first-order valence-corrected chi connectivity index (χ1v) is 5.72. The topological polar surface area (TPSA) is 80.9 Å². The normalized spacial score (nSPS) is 10.1. The van der Waals surface area contributed by atoms with Crippen LogP contribution in [0, 0.1) is 5.82 Å². The summed E-state index contributed by atoms with van der Waals surface area (Å²) < 4.78 is 13.0. The average molecular weight is 264 g/mol. The molecule has 0 bridgehead atoms. The summed E-state index contributed by atoms with van der Waals surface area (Å²) in [6.45, 7) is 3.33. The summed E-state index contributed by atoms with van der Waals surface area (Å²) in [5.74, 6) is -0.665. The lowest BCUT2D eigenvalue weighted by Gasteiger charge is -1.96. The number of carbonyl (C=O) groups excluding carboxylic acids is 1. The minimum Gasteiger partial charge on any atom is -0.381 e. The van der Waals surface area contributed by atoms with E-state index in [-0.39, 0.29) is 11.7 Å². The number of carbonyl (C=O) groups is 1. The second kappa shape index (κ2) is 4.92. The van der Waals surface area contributed by atoms with Crippen LogP contribution in [0.2, 0.25) is 0 Å². The number of nitrogens with two attached hydrogens (primary N) is 1. The first kappa shape index (κ1) is 12.2. The van der Waals surface area contributed by atoms with Gasteiger partial charge in [-0.05, 0) is 12.1 Å². The quantitative estimate of drug-likeness (QED) is 0.831. The molecule has 0 aliphatic rings. The van der Waals surface area contributed by atoms with Crippen LogP contribution in [0.15, 0.2) is 31.1 Å². The molecule has 92 valence electrons. The molecule has 0 saturated carbocycles. The molecule has 0 atom stereocenters. The first-order chi connectivity index (χ1) is 8.60. The van der Waals surface area contributed by atoms with Crippen LogP contribution >= 0.6 is 11.3 Å². The van der Waals surface area contributed by atoms with Gasteiger partial charge in [-0.3, -0.25) is 9.78 Å². The van der Waals surface area contributed by atoms with Crippen LogP contribution in [0.1, 0.15) is 0 Å². The van der Waals surface area contributed by atoms with Crippen molar-refractivity contribution in [3.8, 4) is 10.6 Å². The fraction of sp³-hybridized carbons (Fsp3) is 0. The maximum Gasteiger partial charge on any atom is 0.248 e. The van der Waals surface area contributed by atoms with Crippen LogP contribution in [-0.4, -0.2) is 15.9 Å². The van der Waals surface area contributed by atoms with E-state index in [9.17, 15) is 9.18 Å². The zero-order valence-corrected chi connectivity index (χ0v) is 10.00. The summed E-state index contributed by atoms with van der Waals surface area (Å²) in [7, 11) is 0. The summed E-state index contributed by atoms with van der Waals surface area (Å²) >= 11 is 1.14. The predicted molar refractivity (Wildman–Crippen MR) is 68.5 cm³/mol. The Hall–Kier alpha value is -2.28. The van der Waals surface area contributed by atoms with Crippen molar-refractivity contribution >= 4 is 28.1 Å². The van der Waals surface area contributed by atoms with Gasteiger partial charge in [0, 0.05) is 11.8 Å². The van der Waals surface area contributed by atoms with Gasteiger partial charge in [0.05, 0.1) is 6.20 Å². The van der Waals surface area contributed by atoms with Crippen LogP contribution in [0.3, 0.4) is 0 Å². The molecule has 3 N–H and O–H groups in total. The molecular weight excluding hydrogens is 255 g/mol. The van der Waals surface area contributed by atoms with E-state index < -0.39 is 5.82 Å². The molecule has 0 fully saturated rings. The Morgan fingerprint density at radius 2 is 2.33 bits per heavy atom. The second-order valence-electron chi connectivity index (χ2n) is 3.32. The lowest BCUT2D eigenvalue weighted by atomic mass is 10.3. The Labute approximate surface area is 106 Å². The lowest BCUT2D eigenvalue weighted by molar-refractivity contribution is -0.111. The summed E-state index contributed by atoms with van der Waals surface area (Å²) in [6.07, 6.45) is 3.70. The fourth-order valence-corrected chi connectivity index (χ4v) is 2.11. The number of nitrogens with zero attached hydrogens (tertiary/aromatic N) is 2. The van der Waals surface area contributed by atoms with E-state index in [2.05, 4.69) is 21.9 Å². The lowest BCUT2D eigenvalue weighted by Crippen LogP contribution is -2.07. The number of nitrogen functional groups attached to an aromatic ring is 1. The van der Waals surface area contributed by atoms with E-state index in [0.717, 1.165) is 23.6 Å². The van der Waals surface area contributed by atoms with E-state index >= 15 is 0 Å². The SMILES string of the molecule is C=CC(=O)Nc1sc(-c2cncc(F)c2)nc1N. The highest BCUT2D eigenvalue weighted by Gasteiger charge is 2.12. The molecule has 0 radical (unpaired) electrons. The van der Waals surface area contributed by atoms with Gasteiger partial charge in [0.1, 0.15) is 15.8 Å². The second-order valence-corrected chi connectivity index (χ2v) is 4.32. The number of anilines is 2. The monoisotopic (exact) mass is 264 g/mol. The number of halogens is 1. The van der Waals surface area contributed by atoms with Gasteiger partial charge in [0.15, 0.2) is 5.82 Å². The van der Waals surface area contributed by atoms with Gasteiger partial charge in [-0.15, -0.1) is 0 Å². The largest absolute Gasteiger partial charge is 0.381 e. The van der Waals surface area contributed by atoms with E-state index in [1.807, 2.05) is 0 Å². The van der Waals surface area contributed by atoms with Crippen molar-refractivity contribution in [2.24, 2.45) is 0 Å². The minimum absolute atomic E-state index is 0.175. The van der Waals surface area contributed by atoms with Gasteiger partial charge >= 0.3 is 0 Å². The maximum absolute atomic E-state index is 13.0. The number of pyridine rings is 1. The highest BCUT2D eigenvalue weighted by atomic mass is 32.1. The number of aromatic nitrogens is 2. The number of amides is 1. The van der Waals surface area contributed by atoms with Crippen molar-refractivity contribution in [2.45, 2.75) is 0 Å². The van der Waals surface area contributed by atoms with Gasteiger partial charge in [-0.1, -0.05) is 17.9 Å². The van der Waals surface area contributed by atoms with Crippen LogP contribution in [0.4, 0.5) is 15.2 Å². The molecule has 0 aliphatic heterocycles. The van der Waals surface area contributed by atoms with E-state index in [1.54, 1.807) is 0 Å². The molecule has 2 aromatic heterocycles. The zero-order chi connectivity index (χ0) is 13.1. The van der Waals surface area contributed by atoms with Gasteiger partial charge < -0.3 is 11.1 Å². The summed E-state index contributed by atoms with van der Waals surface area (Å²) in [5.41, 5.74) is 6.16. The molecule has 2 heterocycles. The van der Waals surface area contributed by atoms with Crippen molar-refractivity contribution in [3.63, 3.8) is 0 Å². The molecule has 5 nitrogen and oxygen atoms in total. The molecule has 2 aromatic rings. The molecular formula is C11H9FN4OS. The van der Waals surface area contributed by atoms with Crippen molar-refractivity contribution in [1.29, 1.82) is 0 Å². The maximum atomic E-state index is 13.0. The number of nitrogens with one attached hydrogen (secondary N) is 1. The fourth-order valence-electron chi connectivity index (χ4n) is 1.24. The molecule has 0 aromatic carbocycles. The molecule has 2 rings (SSSR count). The summed E-state index contributed by atoms with van der Waals surface area (Å²) in [5, 5.41) is 3.41. The average Bonchev–Trinajstić information content (AvgIpc) is 2.71. The van der Waals surface area contributed by atoms with Gasteiger partial charge in [-0.2, -0.15) is 0 Å². The Balaban J connectivity index is 2.34. The smallest absolute Gasteiger partial charge is 0.248 e. The van der Waals surface area contributed by atoms with Crippen LogP contribution in [0.5, 0.6) is 0 Å². The highest BCUT2D eigenvalue weighted by molar-refractivity contribution is 7.19. The van der Waals surface area contributed by atoms with Crippen LogP contribution in [0.25, 0.3) is 10.6 Å². The Bertz CT molecular complexity index is 611. The third kappa shape index (κ3) is 2.51. The van der Waals surface area contributed by atoms with E-state index in [4.69, 9.17) is 5.73 Å². The van der Waals surface area contributed by atoms with E-state index in [0.29, 0.717) is 15.6 Å². The summed E-state index contributed by atoms with van der Waals surface area (Å²) in [4.78, 5) is 18.9. The van der Waals surface area contributed by atoms with Crippen molar-refractivity contribution in [2.75, 3.05) is 11.1 Å². The molecule has 0 unspecified atom stereocenters. The number of hydrogen-bond donors (Lipinski definition) is 2. The number of hydrogen-bond acceptors (Lipinski definition) is 5. The van der Waals surface area contributed by atoms with Crippen molar-refractivity contribution < 1.29 is 9.18 Å². The molecule has 1 amide bonds. The molecule has 0 aliphatic carbocycles. The predicted octanol–water partition coefficient (Wildman–Crippen LogP) is 2.05. The molecule has 18 heavy (non-hydrogen) atoms. The Morgan fingerprint density at radius 1 is 1.56 bits per heavy atom. The molecule has 0 spiro atoms. The van der Waals surface area contributed by atoms with Crippen molar-refractivity contribution in [3.05, 3.63) is 36.9 Å². The van der Waals surface area contributed by atoms with Crippen LogP contribution < -0.4 is 11.1 Å². The van der Waals surface area contributed by atoms with Crippen LogP contribution in [-0.2, 0) is 4.79 Å². The van der Waals surface area contributed by atoms with E-state index in [1.165, 1.54) is 12.3 Å². The first-order valence-electron chi connectivity index (χ1n) is 4.91. The third-order valence-electron chi connectivity index (χ3n) is 2.03. The minimum atomic E-state index is -0.460. The van der Waals surface area contributed by atoms with Crippen molar-refractivity contribution in [1.82, 2.24) is 9.97 Å². The third-order valence-corrected chi connectivity index (χ3v) is 3.06. The zero-order valence-electron chi connectivity index (χ0n) is 9.18. The van der Waals surface area contributed by atoms with Gasteiger partial charge in [-0.25, -0.2) is 9.37 Å². The highest BCUT2D eigenvalue weighted by Crippen LogP contribution is 2.33. The standard InChI is InChI=1S/C11H9FN4OS/c1-2-8(17)15-11-9(13)16-10(18-11)6-3-7(12)5-14-4-6/h2-5H,1,13H2,(H,15,17). The number of thiazole rings is 1. The Kier molecular flexibility index (Phi) is 3.33.